The molecular weight excluding hydrogens is 230 g/mol. The Labute approximate surface area is 105 Å². The molecule has 0 aromatic heterocycles. The predicted molar refractivity (Wildman–Crippen MR) is 63.3 cm³/mol. The van der Waals surface area contributed by atoms with Crippen LogP contribution in [0.3, 0.4) is 0 Å². The van der Waals surface area contributed by atoms with E-state index < -0.39 is 5.97 Å². The molecular formula is C14H13NO3. The third kappa shape index (κ3) is 3.42. The van der Waals surface area contributed by atoms with Crippen LogP contribution >= 0.6 is 0 Å². The summed E-state index contributed by atoms with van der Waals surface area (Å²) in [4.78, 5) is 22.8. The first-order valence-corrected chi connectivity index (χ1v) is 5.86. The van der Waals surface area contributed by atoms with Gasteiger partial charge in [0.15, 0.2) is 0 Å². The molecule has 0 heterocycles. The highest BCUT2D eigenvalue weighted by Crippen LogP contribution is 2.30. The van der Waals surface area contributed by atoms with Crippen molar-refractivity contribution in [3.63, 3.8) is 0 Å². The third-order valence-electron chi connectivity index (χ3n) is 2.83. The van der Waals surface area contributed by atoms with Gasteiger partial charge in [0.05, 0.1) is 11.6 Å². The number of esters is 1. The fourth-order valence-electron chi connectivity index (χ4n) is 1.58. The Morgan fingerprint density at radius 3 is 2.50 bits per heavy atom. The monoisotopic (exact) mass is 243 g/mol. The van der Waals surface area contributed by atoms with Gasteiger partial charge in [-0.05, 0) is 30.5 Å². The van der Waals surface area contributed by atoms with Gasteiger partial charge in [0.1, 0.15) is 18.8 Å². The van der Waals surface area contributed by atoms with Crippen molar-refractivity contribution >= 4 is 11.8 Å². The molecule has 18 heavy (non-hydrogen) atoms. The molecule has 0 aliphatic heterocycles. The van der Waals surface area contributed by atoms with Gasteiger partial charge in [-0.15, -0.1) is 0 Å². The lowest BCUT2D eigenvalue weighted by Gasteiger charge is -2.04. The Morgan fingerprint density at radius 1 is 1.28 bits per heavy atom. The van der Waals surface area contributed by atoms with Crippen molar-refractivity contribution < 1.29 is 14.3 Å². The molecule has 1 aliphatic carbocycles. The van der Waals surface area contributed by atoms with Gasteiger partial charge >= 0.3 is 5.97 Å². The fraction of sp³-hybridized carbons (Fsp3) is 0.357. The van der Waals surface area contributed by atoms with Crippen molar-refractivity contribution in [2.75, 3.05) is 0 Å². The second-order valence-electron chi connectivity index (χ2n) is 4.39. The van der Waals surface area contributed by atoms with Crippen LogP contribution in [0.25, 0.3) is 0 Å². The van der Waals surface area contributed by atoms with Crippen molar-refractivity contribution in [1.82, 2.24) is 0 Å². The van der Waals surface area contributed by atoms with E-state index in [4.69, 9.17) is 10.00 Å². The molecule has 0 unspecified atom stereocenters. The highest BCUT2D eigenvalue weighted by molar-refractivity contribution is 5.97. The molecule has 0 saturated heterocycles. The van der Waals surface area contributed by atoms with Gasteiger partial charge in [0, 0.05) is 5.92 Å². The summed E-state index contributed by atoms with van der Waals surface area (Å²) in [6, 6.07) is 8.80. The van der Waals surface area contributed by atoms with Crippen LogP contribution in [0.1, 0.15) is 30.4 Å². The van der Waals surface area contributed by atoms with Crippen LogP contribution in [-0.4, -0.2) is 11.8 Å². The van der Waals surface area contributed by atoms with E-state index in [1.807, 2.05) is 6.07 Å². The molecule has 4 heteroatoms. The Kier molecular flexibility index (Phi) is 3.73. The number of nitriles is 1. The molecule has 1 fully saturated rings. The van der Waals surface area contributed by atoms with E-state index in [-0.39, 0.29) is 24.7 Å². The molecule has 1 aromatic carbocycles. The smallest absolute Gasteiger partial charge is 0.313 e. The fourth-order valence-corrected chi connectivity index (χ4v) is 1.58. The van der Waals surface area contributed by atoms with E-state index in [0.29, 0.717) is 5.56 Å². The third-order valence-corrected chi connectivity index (χ3v) is 2.83. The maximum atomic E-state index is 11.4. The minimum atomic E-state index is -0.476. The second-order valence-corrected chi connectivity index (χ2v) is 4.39. The van der Waals surface area contributed by atoms with Crippen LogP contribution < -0.4 is 0 Å². The molecule has 1 saturated carbocycles. The van der Waals surface area contributed by atoms with Crippen molar-refractivity contribution in [1.29, 1.82) is 5.26 Å². The highest BCUT2D eigenvalue weighted by atomic mass is 16.5. The summed E-state index contributed by atoms with van der Waals surface area (Å²) in [5.74, 6) is -0.399. The number of Topliss-reactive ketones (excluding diaryl/α,β-unsaturated/α-hetero) is 1. The lowest BCUT2D eigenvalue weighted by atomic mass is 10.1. The number of nitrogens with zero attached hydrogens (tertiary/aromatic N) is 1. The number of carbonyl (C=O) groups is 2. The maximum absolute atomic E-state index is 11.4. The Hall–Kier alpha value is -2.15. The zero-order valence-electron chi connectivity index (χ0n) is 9.89. The largest absolute Gasteiger partial charge is 0.460 e. The van der Waals surface area contributed by atoms with E-state index in [2.05, 4.69) is 0 Å². The minimum absolute atomic E-state index is 0.0140. The summed E-state index contributed by atoms with van der Waals surface area (Å²) < 4.78 is 5.01. The molecule has 4 nitrogen and oxygen atoms in total. The SMILES string of the molecule is N#Cc1ccc(COC(=O)CC(=O)C2CC2)cc1. The number of hydrogen-bond acceptors (Lipinski definition) is 4. The molecule has 0 bridgehead atoms. The Morgan fingerprint density at radius 2 is 1.94 bits per heavy atom. The van der Waals surface area contributed by atoms with Crippen LogP contribution in [0.15, 0.2) is 24.3 Å². The maximum Gasteiger partial charge on any atom is 0.313 e. The van der Waals surface area contributed by atoms with Gasteiger partial charge < -0.3 is 4.74 Å². The molecule has 2 rings (SSSR count). The van der Waals surface area contributed by atoms with E-state index in [0.717, 1.165) is 18.4 Å². The lowest BCUT2D eigenvalue weighted by molar-refractivity contribution is -0.147. The molecule has 92 valence electrons. The van der Waals surface area contributed by atoms with Crippen LogP contribution in [0.2, 0.25) is 0 Å². The normalized spacial score (nSPS) is 13.7. The first kappa shape index (κ1) is 12.3. The number of rotatable bonds is 5. The average molecular weight is 243 g/mol. The van der Waals surface area contributed by atoms with Gasteiger partial charge in [0.2, 0.25) is 0 Å². The van der Waals surface area contributed by atoms with Gasteiger partial charge in [-0.3, -0.25) is 9.59 Å². The molecule has 0 amide bonds. The summed E-state index contributed by atoms with van der Waals surface area (Å²) in [6.07, 6.45) is 1.68. The predicted octanol–water partition coefficient (Wildman–Crippen LogP) is 1.97. The summed E-state index contributed by atoms with van der Waals surface area (Å²) in [6.45, 7) is 0.141. The summed E-state index contributed by atoms with van der Waals surface area (Å²) in [5.41, 5.74) is 1.37. The van der Waals surface area contributed by atoms with E-state index in [1.165, 1.54) is 0 Å². The first-order valence-electron chi connectivity index (χ1n) is 5.86. The molecule has 0 atom stereocenters. The quantitative estimate of drug-likeness (QED) is 0.585. The number of carbonyl (C=O) groups excluding carboxylic acids is 2. The molecule has 1 aromatic rings. The standard InChI is InChI=1S/C14H13NO3/c15-8-10-1-3-11(4-2-10)9-18-14(17)7-13(16)12-5-6-12/h1-4,12H,5-7,9H2. The van der Waals surface area contributed by atoms with Crippen molar-refractivity contribution in [2.45, 2.75) is 25.9 Å². The number of ketones is 1. The van der Waals surface area contributed by atoms with Gasteiger partial charge in [0.25, 0.3) is 0 Å². The van der Waals surface area contributed by atoms with Crippen molar-refractivity contribution in [3.8, 4) is 6.07 Å². The zero-order valence-corrected chi connectivity index (χ0v) is 9.89. The number of benzene rings is 1. The average Bonchev–Trinajstić information content (AvgIpc) is 3.21. The second kappa shape index (κ2) is 5.46. The van der Waals surface area contributed by atoms with Crippen LogP contribution in [0.4, 0.5) is 0 Å². The molecule has 0 radical (unpaired) electrons. The zero-order chi connectivity index (χ0) is 13.0. The topological polar surface area (TPSA) is 67.2 Å². The Bertz CT molecular complexity index is 495. The van der Waals surface area contributed by atoms with Gasteiger partial charge in [-0.2, -0.15) is 5.26 Å². The molecule has 0 spiro atoms. The van der Waals surface area contributed by atoms with Crippen molar-refractivity contribution in [2.24, 2.45) is 5.92 Å². The highest BCUT2D eigenvalue weighted by Gasteiger charge is 2.30. The summed E-state index contributed by atoms with van der Waals surface area (Å²) in [5, 5.41) is 8.63. The van der Waals surface area contributed by atoms with E-state index >= 15 is 0 Å². The first-order chi connectivity index (χ1) is 8.69. The van der Waals surface area contributed by atoms with E-state index in [9.17, 15) is 9.59 Å². The van der Waals surface area contributed by atoms with Gasteiger partial charge in [-0.1, -0.05) is 12.1 Å². The Balaban J connectivity index is 1.77. The number of hydrogen-bond donors (Lipinski definition) is 0. The summed E-state index contributed by atoms with van der Waals surface area (Å²) >= 11 is 0. The minimum Gasteiger partial charge on any atom is -0.460 e. The molecule has 1 aliphatic rings. The lowest BCUT2D eigenvalue weighted by Crippen LogP contribution is -2.12. The van der Waals surface area contributed by atoms with Crippen LogP contribution in [-0.2, 0) is 20.9 Å². The number of ether oxygens (including phenoxy) is 1. The molecule has 0 N–H and O–H groups in total. The van der Waals surface area contributed by atoms with E-state index in [1.54, 1.807) is 24.3 Å². The van der Waals surface area contributed by atoms with Crippen LogP contribution in [0, 0.1) is 17.2 Å². The van der Waals surface area contributed by atoms with Crippen LogP contribution in [0.5, 0.6) is 0 Å². The van der Waals surface area contributed by atoms with Gasteiger partial charge in [-0.25, -0.2) is 0 Å². The van der Waals surface area contributed by atoms with Crippen molar-refractivity contribution in [3.05, 3.63) is 35.4 Å². The summed E-state index contributed by atoms with van der Waals surface area (Å²) in [7, 11) is 0.